The molecule has 0 amide bonds. The molecule has 24 heavy (non-hydrogen) atoms. The van der Waals surface area contributed by atoms with Gasteiger partial charge in [-0.2, -0.15) is 0 Å². The van der Waals surface area contributed by atoms with Gasteiger partial charge in [0.25, 0.3) is 0 Å². The maximum absolute atomic E-state index is 12.8. The van der Waals surface area contributed by atoms with E-state index in [1.54, 1.807) is 6.07 Å². The van der Waals surface area contributed by atoms with Crippen LogP contribution >= 0.6 is 0 Å². The zero-order valence-electron chi connectivity index (χ0n) is 13.7. The third kappa shape index (κ3) is 2.58. The quantitative estimate of drug-likeness (QED) is 0.564. The predicted molar refractivity (Wildman–Crippen MR) is 93.0 cm³/mol. The number of allylic oxidation sites excluding steroid dienone is 2. The van der Waals surface area contributed by atoms with Crippen LogP contribution in [0.5, 0.6) is 17.2 Å². The topological polar surface area (TPSA) is 79.9 Å². The summed E-state index contributed by atoms with van der Waals surface area (Å²) < 4.78 is 11.0. The fourth-order valence-corrected chi connectivity index (χ4v) is 2.68. The normalized spacial score (nSPS) is 11.0. The van der Waals surface area contributed by atoms with Crippen molar-refractivity contribution in [2.24, 2.45) is 0 Å². The van der Waals surface area contributed by atoms with E-state index in [0.29, 0.717) is 23.1 Å². The number of hydrogen-bond donors (Lipinski definition) is 2. The molecule has 0 unspecified atom stereocenters. The Labute approximate surface area is 138 Å². The predicted octanol–water partition coefficient (Wildman–Crippen LogP) is 3.87. The van der Waals surface area contributed by atoms with Crippen LogP contribution in [0.4, 0.5) is 0 Å². The third-order valence-electron chi connectivity index (χ3n) is 3.92. The minimum atomic E-state index is -0.343. The Morgan fingerprint density at radius 3 is 2.62 bits per heavy atom. The molecule has 3 aromatic rings. The maximum atomic E-state index is 12.8. The van der Waals surface area contributed by atoms with Crippen LogP contribution in [0.1, 0.15) is 19.4 Å². The molecule has 0 aliphatic carbocycles. The summed E-state index contributed by atoms with van der Waals surface area (Å²) in [6.45, 7) is 3.91. The number of hydrogen-bond acceptors (Lipinski definition) is 5. The average molecular weight is 326 g/mol. The summed E-state index contributed by atoms with van der Waals surface area (Å²) in [5, 5.41) is 20.6. The summed E-state index contributed by atoms with van der Waals surface area (Å²) in [5.74, 6) is 0.312. The molecule has 0 aliphatic heterocycles. The van der Waals surface area contributed by atoms with Crippen molar-refractivity contribution < 1.29 is 19.4 Å². The highest BCUT2D eigenvalue weighted by Crippen LogP contribution is 2.36. The van der Waals surface area contributed by atoms with E-state index in [1.807, 2.05) is 19.9 Å². The monoisotopic (exact) mass is 326 g/mol. The largest absolute Gasteiger partial charge is 0.508 e. The van der Waals surface area contributed by atoms with Gasteiger partial charge in [-0.05, 0) is 32.4 Å². The van der Waals surface area contributed by atoms with Gasteiger partial charge in [0.05, 0.1) is 12.5 Å². The van der Waals surface area contributed by atoms with Crippen LogP contribution in [-0.2, 0) is 6.42 Å². The molecule has 1 aromatic heterocycles. The molecule has 0 atom stereocenters. The summed E-state index contributed by atoms with van der Waals surface area (Å²) in [5.41, 5.74) is 1.76. The fourth-order valence-electron chi connectivity index (χ4n) is 2.68. The average Bonchev–Trinajstić information content (AvgIpc) is 2.52. The van der Waals surface area contributed by atoms with Crippen molar-refractivity contribution in [3.05, 3.63) is 51.7 Å². The number of ether oxygens (including phenoxy) is 1. The van der Waals surface area contributed by atoms with Crippen molar-refractivity contribution in [1.82, 2.24) is 0 Å². The van der Waals surface area contributed by atoms with Crippen LogP contribution in [0.2, 0.25) is 0 Å². The van der Waals surface area contributed by atoms with Crippen LogP contribution in [0.15, 0.2) is 45.1 Å². The molecule has 0 saturated carbocycles. The molecule has 0 bridgehead atoms. The van der Waals surface area contributed by atoms with Crippen molar-refractivity contribution in [1.29, 1.82) is 0 Å². The van der Waals surface area contributed by atoms with Crippen LogP contribution in [0, 0.1) is 0 Å². The molecular formula is C19H18O5. The molecule has 124 valence electrons. The molecule has 0 fully saturated rings. The van der Waals surface area contributed by atoms with Gasteiger partial charge in [0.15, 0.2) is 0 Å². The first kappa shape index (κ1) is 15.9. The van der Waals surface area contributed by atoms with Gasteiger partial charge in [-0.25, -0.2) is 0 Å². The summed E-state index contributed by atoms with van der Waals surface area (Å²) in [6, 6.07) is 5.86. The van der Waals surface area contributed by atoms with Crippen LogP contribution in [0.3, 0.4) is 0 Å². The van der Waals surface area contributed by atoms with Gasteiger partial charge in [0, 0.05) is 17.7 Å². The third-order valence-corrected chi connectivity index (χ3v) is 3.92. The Morgan fingerprint density at radius 1 is 1.21 bits per heavy atom. The lowest BCUT2D eigenvalue weighted by Gasteiger charge is -2.12. The standard InChI is InChI=1S/C19H18O5/c1-10(2)4-6-12-14(23-3)9-16-17(18(12)21)19(22)13-7-5-11(20)8-15(13)24-16/h4-5,7-9,20-21H,6H2,1-3H3. The van der Waals surface area contributed by atoms with E-state index in [9.17, 15) is 15.0 Å². The highest BCUT2D eigenvalue weighted by Gasteiger charge is 2.18. The fraction of sp³-hybridized carbons (Fsp3) is 0.211. The van der Waals surface area contributed by atoms with Crippen molar-refractivity contribution in [3.8, 4) is 17.2 Å². The molecule has 3 rings (SSSR count). The van der Waals surface area contributed by atoms with Gasteiger partial charge in [0.1, 0.15) is 33.8 Å². The van der Waals surface area contributed by atoms with Crippen LogP contribution in [-0.4, -0.2) is 17.3 Å². The highest BCUT2D eigenvalue weighted by atomic mass is 16.5. The van der Waals surface area contributed by atoms with Crippen LogP contribution in [0.25, 0.3) is 21.9 Å². The number of phenols is 2. The van der Waals surface area contributed by atoms with E-state index in [-0.39, 0.29) is 33.5 Å². The first-order chi connectivity index (χ1) is 11.4. The lowest BCUT2D eigenvalue weighted by Crippen LogP contribution is -2.04. The highest BCUT2D eigenvalue weighted by molar-refractivity contribution is 5.95. The summed E-state index contributed by atoms with van der Waals surface area (Å²) in [4.78, 5) is 12.8. The minimum absolute atomic E-state index is 0.00126. The summed E-state index contributed by atoms with van der Waals surface area (Å²) >= 11 is 0. The number of methoxy groups -OCH3 is 1. The van der Waals surface area contributed by atoms with E-state index >= 15 is 0 Å². The van der Waals surface area contributed by atoms with Gasteiger partial charge in [-0.15, -0.1) is 0 Å². The molecule has 2 aromatic carbocycles. The number of rotatable bonds is 3. The number of aromatic hydroxyl groups is 2. The van der Waals surface area contributed by atoms with Crippen molar-refractivity contribution in [2.75, 3.05) is 7.11 Å². The zero-order valence-corrected chi connectivity index (χ0v) is 13.7. The lowest BCUT2D eigenvalue weighted by atomic mass is 10.0. The van der Waals surface area contributed by atoms with Gasteiger partial charge in [-0.3, -0.25) is 4.79 Å². The van der Waals surface area contributed by atoms with Gasteiger partial charge in [0.2, 0.25) is 5.43 Å². The molecule has 5 nitrogen and oxygen atoms in total. The maximum Gasteiger partial charge on any atom is 0.204 e. The first-order valence-electron chi connectivity index (χ1n) is 7.54. The Balaban J connectivity index is 2.40. The number of benzene rings is 2. The number of fused-ring (bicyclic) bond motifs is 2. The Kier molecular flexibility index (Phi) is 3.93. The SMILES string of the molecule is COc1cc2oc3cc(O)ccc3c(=O)c2c(O)c1CC=C(C)C. The van der Waals surface area contributed by atoms with Crippen LogP contribution < -0.4 is 10.2 Å². The van der Waals surface area contributed by atoms with Gasteiger partial charge < -0.3 is 19.4 Å². The molecule has 0 radical (unpaired) electrons. The Hall–Kier alpha value is -2.95. The molecular weight excluding hydrogens is 308 g/mol. The van der Waals surface area contributed by atoms with Crippen molar-refractivity contribution in [2.45, 2.75) is 20.3 Å². The van der Waals surface area contributed by atoms with E-state index < -0.39 is 0 Å². The minimum Gasteiger partial charge on any atom is -0.508 e. The van der Waals surface area contributed by atoms with E-state index in [2.05, 4.69) is 0 Å². The van der Waals surface area contributed by atoms with E-state index in [0.717, 1.165) is 5.57 Å². The Bertz CT molecular complexity index is 1020. The van der Waals surface area contributed by atoms with Crippen molar-refractivity contribution >= 4 is 21.9 Å². The van der Waals surface area contributed by atoms with Crippen molar-refractivity contribution in [3.63, 3.8) is 0 Å². The summed E-state index contributed by atoms with van der Waals surface area (Å²) in [6.07, 6.45) is 2.39. The van der Waals surface area contributed by atoms with Gasteiger partial charge in [-0.1, -0.05) is 11.6 Å². The molecule has 0 aliphatic rings. The second-order valence-corrected chi connectivity index (χ2v) is 5.88. The lowest BCUT2D eigenvalue weighted by molar-refractivity contribution is 0.402. The molecule has 2 N–H and O–H groups in total. The second-order valence-electron chi connectivity index (χ2n) is 5.88. The second kappa shape index (κ2) is 5.92. The smallest absolute Gasteiger partial charge is 0.204 e. The molecule has 0 spiro atoms. The molecule has 0 saturated heterocycles. The van der Waals surface area contributed by atoms with E-state index in [4.69, 9.17) is 9.15 Å². The van der Waals surface area contributed by atoms with Gasteiger partial charge >= 0.3 is 0 Å². The first-order valence-corrected chi connectivity index (χ1v) is 7.54. The number of phenolic OH excluding ortho intramolecular Hbond substituents is 2. The van der Waals surface area contributed by atoms with E-state index in [1.165, 1.54) is 25.3 Å². The molecule has 1 heterocycles. The zero-order chi connectivity index (χ0) is 17.4. The Morgan fingerprint density at radius 2 is 1.96 bits per heavy atom. The molecule has 5 heteroatoms. The summed E-state index contributed by atoms with van der Waals surface area (Å²) in [7, 11) is 1.50.